The van der Waals surface area contributed by atoms with E-state index in [1.54, 1.807) is 0 Å². The molecule has 1 aliphatic rings. The van der Waals surface area contributed by atoms with Crippen LogP contribution >= 0.6 is 0 Å². The average Bonchev–Trinajstić information content (AvgIpc) is 2.53. The Hall–Kier alpha value is -1.71. The van der Waals surface area contributed by atoms with Gasteiger partial charge in [-0.25, -0.2) is 0 Å². The summed E-state index contributed by atoms with van der Waals surface area (Å²) in [7, 11) is 1.86. The van der Waals surface area contributed by atoms with Gasteiger partial charge in [0.2, 0.25) is 0 Å². The first-order valence-electron chi connectivity index (χ1n) is 7.93. The molecule has 21 heavy (non-hydrogen) atoms. The molecule has 0 aliphatic carbocycles. The number of benzene rings is 1. The maximum absolute atomic E-state index is 5.69. The zero-order valence-electron chi connectivity index (χ0n) is 13.2. The highest BCUT2D eigenvalue weighted by Gasteiger charge is 2.18. The predicted octanol–water partition coefficient (Wildman–Crippen LogP) is 2.76. The lowest BCUT2D eigenvalue weighted by atomic mass is 10.00. The molecule has 0 amide bonds. The Balaban J connectivity index is 1.63. The number of nitrogens with zero attached hydrogens (tertiary/aromatic N) is 2. The molecule has 0 atom stereocenters. The molecule has 2 rings (SSSR count). The molecule has 0 spiro atoms. The molecule has 1 aromatic rings. The molecule has 4 heteroatoms. The van der Waals surface area contributed by atoms with E-state index in [1.807, 2.05) is 37.4 Å². The molecule has 0 saturated carbocycles. The summed E-state index contributed by atoms with van der Waals surface area (Å²) in [6, 6.07) is 9.96. The fraction of sp³-hybridized carbons (Fsp3) is 0.588. The topological polar surface area (TPSA) is 36.9 Å². The zero-order valence-corrected chi connectivity index (χ0v) is 13.2. The minimum Gasteiger partial charge on any atom is -0.494 e. The highest BCUT2D eigenvalue weighted by Crippen LogP contribution is 2.15. The Bertz CT molecular complexity index is 425. The van der Waals surface area contributed by atoms with Crippen LogP contribution in [0, 0.1) is 5.92 Å². The third kappa shape index (κ3) is 5.29. The largest absolute Gasteiger partial charge is 0.494 e. The van der Waals surface area contributed by atoms with Crippen LogP contribution in [0.25, 0.3) is 0 Å². The van der Waals surface area contributed by atoms with E-state index in [0.717, 1.165) is 50.3 Å². The first kappa shape index (κ1) is 15.7. The van der Waals surface area contributed by atoms with Crippen LogP contribution in [0.2, 0.25) is 0 Å². The van der Waals surface area contributed by atoms with Crippen LogP contribution in [0.5, 0.6) is 5.75 Å². The summed E-state index contributed by atoms with van der Waals surface area (Å²) in [5.41, 5.74) is 0. The van der Waals surface area contributed by atoms with Crippen LogP contribution in [0.3, 0.4) is 0 Å². The molecular formula is C17H27N3O. The fourth-order valence-corrected chi connectivity index (χ4v) is 2.53. The third-order valence-corrected chi connectivity index (χ3v) is 3.91. The SMILES string of the molecule is CN=C(NCCCOc1ccccc1)N1CCC(C)CC1. The first-order chi connectivity index (χ1) is 10.3. The number of hydrogen-bond donors (Lipinski definition) is 1. The maximum Gasteiger partial charge on any atom is 0.193 e. The normalized spacial score (nSPS) is 16.9. The number of likely N-dealkylation sites (tertiary alicyclic amines) is 1. The summed E-state index contributed by atoms with van der Waals surface area (Å²) in [4.78, 5) is 6.74. The van der Waals surface area contributed by atoms with E-state index in [0.29, 0.717) is 0 Å². The lowest BCUT2D eigenvalue weighted by Gasteiger charge is -2.32. The summed E-state index contributed by atoms with van der Waals surface area (Å²) >= 11 is 0. The van der Waals surface area contributed by atoms with E-state index >= 15 is 0 Å². The van der Waals surface area contributed by atoms with Gasteiger partial charge in [0.1, 0.15) is 5.75 Å². The van der Waals surface area contributed by atoms with Gasteiger partial charge < -0.3 is 15.0 Å². The Labute approximate surface area is 128 Å². The van der Waals surface area contributed by atoms with Gasteiger partial charge in [-0.3, -0.25) is 4.99 Å². The van der Waals surface area contributed by atoms with Crippen LogP contribution in [-0.2, 0) is 0 Å². The van der Waals surface area contributed by atoms with Crippen LogP contribution in [-0.4, -0.2) is 44.1 Å². The number of piperidine rings is 1. The Morgan fingerprint density at radius 3 is 2.67 bits per heavy atom. The van der Waals surface area contributed by atoms with E-state index in [1.165, 1.54) is 12.8 Å². The van der Waals surface area contributed by atoms with Gasteiger partial charge in [0, 0.05) is 26.7 Å². The van der Waals surface area contributed by atoms with Crippen molar-refractivity contribution >= 4 is 5.96 Å². The highest BCUT2D eigenvalue weighted by molar-refractivity contribution is 5.79. The molecule has 1 fully saturated rings. The van der Waals surface area contributed by atoms with Crippen molar-refractivity contribution in [2.45, 2.75) is 26.2 Å². The van der Waals surface area contributed by atoms with E-state index < -0.39 is 0 Å². The number of hydrogen-bond acceptors (Lipinski definition) is 2. The molecule has 1 saturated heterocycles. The Morgan fingerprint density at radius 2 is 2.00 bits per heavy atom. The molecule has 116 valence electrons. The van der Waals surface area contributed by atoms with Gasteiger partial charge in [-0.1, -0.05) is 25.1 Å². The smallest absolute Gasteiger partial charge is 0.193 e. The number of ether oxygens (including phenoxy) is 1. The van der Waals surface area contributed by atoms with Crippen molar-refractivity contribution in [3.8, 4) is 5.75 Å². The Kier molecular flexibility index (Phi) is 6.38. The van der Waals surface area contributed by atoms with Crippen LogP contribution in [0.4, 0.5) is 0 Å². The molecular weight excluding hydrogens is 262 g/mol. The molecule has 0 unspecified atom stereocenters. The molecule has 0 aromatic heterocycles. The second-order valence-corrected chi connectivity index (χ2v) is 5.66. The van der Waals surface area contributed by atoms with Crippen LogP contribution < -0.4 is 10.1 Å². The predicted molar refractivity (Wildman–Crippen MR) is 87.9 cm³/mol. The molecule has 0 radical (unpaired) electrons. The minimum atomic E-state index is 0.727. The molecule has 1 aromatic carbocycles. The van der Waals surface area contributed by atoms with E-state index in [2.05, 4.69) is 22.1 Å². The Morgan fingerprint density at radius 1 is 1.29 bits per heavy atom. The van der Waals surface area contributed by atoms with Gasteiger partial charge in [-0.05, 0) is 37.3 Å². The number of rotatable bonds is 5. The van der Waals surface area contributed by atoms with Crippen molar-refractivity contribution in [3.05, 3.63) is 30.3 Å². The molecule has 1 aliphatic heterocycles. The lowest BCUT2D eigenvalue weighted by molar-refractivity contribution is 0.271. The zero-order chi connectivity index (χ0) is 14.9. The van der Waals surface area contributed by atoms with Crippen molar-refractivity contribution in [1.29, 1.82) is 0 Å². The first-order valence-corrected chi connectivity index (χ1v) is 7.93. The van der Waals surface area contributed by atoms with E-state index in [9.17, 15) is 0 Å². The molecule has 1 N–H and O–H groups in total. The summed E-state index contributed by atoms with van der Waals surface area (Å²) in [5.74, 6) is 2.81. The fourth-order valence-electron chi connectivity index (χ4n) is 2.53. The van der Waals surface area contributed by atoms with Crippen molar-refractivity contribution in [3.63, 3.8) is 0 Å². The van der Waals surface area contributed by atoms with Gasteiger partial charge >= 0.3 is 0 Å². The van der Waals surface area contributed by atoms with Crippen molar-refractivity contribution in [2.24, 2.45) is 10.9 Å². The number of aliphatic imine (C=N–C) groups is 1. The third-order valence-electron chi connectivity index (χ3n) is 3.91. The van der Waals surface area contributed by atoms with Gasteiger partial charge in [0.15, 0.2) is 5.96 Å². The standard InChI is InChI=1S/C17H27N3O/c1-15-9-12-20(13-10-15)17(18-2)19-11-6-14-21-16-7-4-3-5-8-16/h3-5,7-8,15H,6,9-14H2,1-2H3,(H,18,19). The monoisotopic (exact) mass is 289 g/mol. The molecule has 1 heterocycles. The van der Waals surface area contributed by atoms with Crippen molar-refractivity contribution in [2.75, 3.05) is 33.3 Å². The van der Waals surface area contributed by atoms with Crippen LogP contribution in [0.1, 0.15) is 26.2 Å². The number of guanidine groups is 1. The highest BCUT2D eigenvalue weighted by atomic mass is 16.5. The van der Waals surface area contributed by atoms with Crippen molar-refractivity contribution < 1.29 is 4.74 Å². The lowest BCUT2D eigenvalue weighted by Crippen LogP contribution is -2.45. The quantitative estimate of drug-likeness (QED) is 0.514. The molecule has 4 nitrogen and oxygen atoms in total. The minimum absolute atomic E-state index is 0.727. The van der Waals surface area contributed by atoms with E-state index in [4.69, 9.17) is 4.74 Å². The second-order valence-electron chi connectivity index (χ2n) is 5.66. The summed E-state index contributed by atoms with van der Waals surface area (Å²) in [6.07, 6.45) is 3.49. The van der Waals surface area contributed by atoms with Gasteiger partial charge in [-0.2, -0.15) is 0 Å². The summed E-state index contributed by atoms with van der Waals surface area (Å²) in [5, 5.41) is 3.44. The van der Waals surface area contributed by atoms with E-state index in [-0.39, 0.29) is 0 Å². The van der Waals surface area contributed by atoms with Crippen LogP contribution in [0.15, 0.2) is 35.3 Å². The maximum atomic E-state index is 5.69. The molecule has 0 bridgehead atoms. The average molecular weight is 289 g/mol. The van der Waals surface area contributed by atoms with Gasteiger partial charge in [0.05, 0.1) is 6.61 Å². The number of para-hydroxylation sites is 1. The number of nitrogens with one attached hydrogen (secondary N) is 1. The second kappa shape index (κ2) is 8.55. The summed E-state index contributed by atoms with van der Waals surface area (Å²) in [6.45, 7) is 6.17. The van der Waals surface area contributed by atoms with Gasteiger partial charge in [0.25, 0.3) is 0 Å². The summed E-state index contributed by atoms with van der Waals surface area (Å²) < 4.78 is 5.69. The van der Waals surface area contributed by atoms with Gasteiger partial charge in [-0.15, -0.1) is 0 Å². The van der Waals surface area contributed by atoms with Crippen molar-refractivity contribution in [1.82, 2.24) is 10.2 Å².